The zero-order chi connectivity index (χ0) is 37.5. The lowest BCUT2D eigenvalue weighted by Crippen LogP contribution is -2.68. The number of fused-ring (bicyclic) bond motifs is 9. The standard InChI is InChI=1S/C45H70N2O4S/c1-29(2)32-16-21-45(46-24-25-47-27-41(6)26-40(47,5)28-52(41,50)51)23-22-43(8)34(37(32)45)14-15-36-42(7)19-17-33(30-10-12-31(13-11-30)38(48)49)39(3,4)35(42)18-20-44(36,43)9/h10-13,29,32-37,46H,14-28H2,1-9H3,(H,48,49)/t32-,33-,34+,35-,36+,37+,40+,41-,42-,43+,44+,45-/m0/s1. The molecule has 1 aromatic carbocycles. The monoisotopic (exact) mass is 735 g/mol. The molecule has 6 nitrogen and oxygen atoms in total. The van der Waals surface area contributed by atoms with E-state index in [4.69, 9.17) is 0 Å². The summed E-state index contributed by atoms with van der Waals surface area (Å²) in [6, 6.07) is 7.84. The van der Waals surface area contributed by atoms with Crippen LogP contribution in [-0.2, 0) is 9.84 Å². The molecule has 5 saturated carbocycles. The molecule has 7 heteroatoms. The van der Waals surface area contributed by atoms with E-state index in [9.17, 15) is 18.3 Å². The molecule has 2 N–H and O–H groups in total. The van der Waals surface area contributed by atoms with Gasteiger partial charge in [0.05, 0.1) is 16.1 Å². The molecule has 52 heavy (non-hydrogen) atoms. The van der Waals surface area contributed by atoms with Gasteiger partial charge in [-0.05, 0) is 165 Å². The second-order valence-electron chi connectivity index (χ2n) is 21.9. The van der Waals surface area contributed by atoms with Crippen LogP contribution >= 0.6 is 0 Å². The molecule has 0 amide bonds. The molecule has 1 aromatic rings. The SMILES string of the molecule is CC(C)[C@@H]1CC[C@]2(NCCN3C[C@]4(C)C[C@]3(C)CS4(=O)=O)CC[C@]3(C)[C@H](CC[C@@H]4[C@@]5(C)CC[C@@H](c6ccc(C(=O)O)cc6)C(C)(C)[C@@H]5CC[C@]43C)[C@@H]12. The number of aromatic carboxylic acids is 1. The molecule has 7 aliphatic rings. The summed E-state index contributed by atoms with van der Waals surface area (Å²) in [6.45, 7) is 25.1. The van der Waals surface area contributed by atoms with Gasteiger partial charge in [-0.1, -0.05) is 60.6 Å². The highest BCUT2D eigenvalue weighted by Gasteiger charge is 2.71. The maximum atomic E-state index is 12.9. The Morgan fingerprint density at radius 1 is 0.865 bits per heavy atom. The van der Waals surface area contributed by atoms with Crippen molar-refractivity contribution in [1.82, 2.24) is 10.2 Å². The van der Waals surface area contributed by atoms with Crippen molar-refractivity contribution in [1.29, 1.82) is 0 Å². The number of nitrogens with zero attached hydrogens (tertiary/aromatic N) is 1. The molecule has 0 aromatic heterocycles. The van der Waals surface area contributed by atoms with Crippen molar-refractivity contribution in [3.8, 4) is 0 Å². The molecule has 2 aliphatic heterocycles. The van der Waals surface area contributed by atoms with Crippen molar-refractivity contribution in [3.05, 3.63) is 35.4 Å². The minimum absolute atomic E-state index is 0.157. The molecule has 2 heterocycles. The molecule has 0 unspecified atom stereocenters. The smallest absolute Gasteiger partial charge is 0.335 e. The second kappa shape index (κ2) is 11.8. The number of hydrogen-bond acceptors (Lipinski definition) is 5. The lowest BCUT2D eigenvalue weighted by molar-refractivity contribution is -0.235. The van der Waals surface area contributed by atoms with Gasteiger partial charge in [0.2, 0.25) is 0 Å². The number of nitrogens with one attached hydrogen (secondary N) is 1. The number of rotatable bonds is 7. The number of benzene rings is 1. The average Bonchev–Trinajstić information content (AvgIpc) is 3.62. The Balaban J connectivity index is 1.03. The summed E-state index contributed by atoms with van der Waals surface area (Å²) >= 11 is 0. The zero-order valence-corrected chi connectivity index (χ0v) is 34.8. The number of likely N-dealkylation sites (tertiary alicyclic amines) is 1. The Kier molecular flexibility index (Phi) is 8.50. The van der Waals surface area contributed by atoms with Crippen molar-refractivity contribution < 1.29 is 18.3 Å². The summed E-state index contributed by atoms with van der Waals surface area (Å²) in [5.74, 6) is 4.23. The predicted octanol–water partition coefficient (Wildman–Crippen LogP) is 9.20. The number of carbonyl (C=O) groups is 1. The predicted molar refractivity (Wildman–Crippen MR) is 210 cm³/mol. The van der Waals surface area contributed by atoms with Gasteiger partial charge in [0.15, 0.2) is 9.84 Å². The van der Waals surface area contributed by atoms with Crippen LogP contribution in [0.4, 0.5) is 0 Å². The lowest BCUT2D eigenvalue weighted by atomic mass is 9.32. The van der Waals surface area contributed by atoms with Crippen LogP contribution in [0.2, 0.25) is 0 Å². The van der Waals surface area contributed by atoms with Gasteiger partial charge in [0, 0.05) is 30.7 Å². The van der Waals surface area contributed by atoms with Crippen LogP contribution in [0, 0.1) is 57.2 Å². The summed E-state index contributed by atoms with van der Waals surface area (Å²) in [6.07, 6.45) is 13.8. The van der Waals surface area contributed by atoms with Gasteiger partial charge in [-0.25, -0.2) is 13.2 Å². The number of hydrogen-bond donors (Lipinski definition) is 2. The third kappa shape index (κ3) is 4.98. The largest absolute Gasteiger partial charge is 0.478 e. The zero-order valence-electron chi connectivity index (χ0n) is 34.0. The van der Waals surface area contributed by atoms with Crippen molar-refractivity contribution in [2.24, 2.45) is 57.2 Å². The first-order chi connectivity index (χ1) is 24.2. The van der Waals surface area contributed by atoms with E-state index < -0.39 is 20.6 Å². The summed E-state index contributed by atoms with van der Waals surface area (Å²) in [7, 11) is -3.01. The molecule has 290 valence electrons. The second-order valence-corrected chi connectivity index (χ2v) is 24.4. The van der Waals surface area contributed by atoms with E-state index >= 15 is 0 Å². The molecule has 5 aliphatic carbocycles. The minimum Gasteiger partial charge on any atom is -0.478 e. The fourth-order valence-electron chi connectivity index (χ4n) is 16.5. The van der Waals surface area contributed by atoms with E-state index in [1.165, 1.54) is 69.8 Å². The van der Waals surface area contributed by atoms with Gasteiger partial charge < -0.3 is 10.4 Å². The maximum absolute atomic E-state index is 12.9. The fourth-order valence-corrected chi connectivity index (χ4v) is 18.8. The van der Waals surface area contributed by atoms with Crippen molar-refractivity contribution in [2.75, 3.05) is 25.4 Å². The maximum Gasteiger partial charge on any atom is 0.335 e. The van der Waals surface area contributed by atoms with E-state index in [1.54, 1.807) is 0 Å². The van der Waals surface area contributed by atoms with Crippen LogP contribution < -0.4 is 5.32 Å². The quantitative estimate of drug-likeness (QED) is 0.291. The van der Waals surface area contributed by atoms with Crippen molar-refractivity contribution in [3.63, 3.8) is 0 Å². The van der Waals surface area contributed by atoms with Crippen LogP contribution in [0.15, 0.2) is 24.3 Å². The highest BCUT2D eigenvalue weighted by molar-refractivity contribution is 7.93. The molecular formula is C45H70N2O4S. The molecule has 2 saturated heterocycles. The molecule has 0 radical (unpaired) electrons. The molecule has 12 atom stereocenters. The van der Waals surface area contributed by atoms with Gasteiger partial charge in [-0.2, -0.15) is 0 Å². The highest BCUT2D eigenvalue weighted by atomic mass is 32.2. The topological polar surface area (TPSA) is 86.7 Å². The van der Waals surface area contributed by atoms with E-state index in [1.807, 2.05) is 19.1 Å². The van der Waals surface area contributed by atoms with E-state index in [-0.39, 0.29) is 16.5 Å². The van der Waals surface area contributed by atoms with Crippen LogP contribution in [0.25, 0.3) is 0 Å². The van der Waals surface area contributed by atoms with E-state index in [0.717, 1.165) is 37.3 Å². The van der Waals surface area contributed by atoms with Crippen molar-refractivity contribution >= 4 is 15.8 Å². The highest BCUT2D eigenvalue weighted by Crippen LogP contribution is 2.77. The minimum atomic E-state index is -3.01. The van der Waals surface area contributed by atoms with Crippen LogP contribution in [-0.4, -0.2) is 65.6 Å². The number of carboxylic acid groups (broad SMARTS) is 1. The summed E-state index contributed by atoms with van der Waals surface area (Å²) in [5, 5.41) is 13.8. The Hall–Kier alpha value is -1.44. The molecule has 0 spiro atoms. The first-order valence-electron chi connectivity index (χ1n) is 21.2. The van der Waals surface area contributed by atoms with E-state index in [2.05, 4.69) is 77.7 Å². The fraction of sp³-hybridized carbons (Fsp3) is 0.844. The van der Waals surface area contributed by atoms with Gasteiger partial charge in [0.25, 0.3) is 0 Å². The number of sulfone groups is 1. The van der Waals surface area contributed by atoms with Crippen LogP contribution in [0.1, 0.15) is 155 Å². The summed E-state index contributed by atoms with van der Waals surface area (Å²) in [4.78, 5) is 14.1. The van der Waals surface area contributed by atoms with Crippen LogP contribution in [0.5, 0.6) is 0 Å². The Morgan fingerprint density at radius 3 is 2.19 bits per heavy atom. The lowest BCUT2D eigenvalue weighted by Gasteiger charge is -2.73. The Labute approximate surface area is 316 Å². The molecule has 8 rings (SSSR count). The first kappa shape index (κ1) is 37.5. The number of carboxylic acids is 1. The van der Waals surface area contributed by atoms with Gasteiger partial charge in [0.1, 0.15) is 0 Å². The third-order valence-corrected chi connectivity index (χ3v) is 21.9. The Bertz CT molecular complexity index is 1710. The molecule has 7 fully saturated rings. The van der Waals surface area contributed by atoms with Gasteiger partial charge >= 0.3 is 5.97 Å². The summed E-state index contributed by atoms with van der Waals surface area (Å²) in [5.41, 5.74) is 2.83. The third-order valence-electron chi connectivity index (χ3n) is 19.1. The molecule has 2 bridgehead atoms. The Morgan fingerprint density at radius 2 is 1.58 bits per heavy atom. The van der Waals surface area contributed by atoms with Gasteiger partial charge in [-0.15, -0.1) is 0 Å². The normalized spacial score (nSPS) is 48.9. The molecular weight excluding hydrogens is 665 g/mol. The summed E-state index contributed by atoms with van der Waals surface area (Å²) < 4.78 is 25.3. The average molecular weight is 735 g/mol. The van der Waals surface area contributed by atoms with Gasteiger partial charge in [-0.3, -0.25) is 4.90 Å². The van der Waals surface area contributed by atoms with E-state index in [0.29, 0.717) is 57.8 Å². The van der Waals surface area contributed by atoms with Crippen LogP contribution in [0.3, 0.4) is 0 Å². The first-order valence-corrected chi connectivity index (χ1v) is 22.9. The van der Waals surface area contributed by atoms with Crippen molar-refractivity contribution in [2.45, 2.75) is 155 Å².